The second-order valence-electron chi connectivity index (χ2n) is 4.88. The van der Waals surface area contributed by atoms with Gasteiger partial charge in [-0.15, -0.1) is 6.42 Å². The summed E-state index contributed by atoms with van der Waals surface area (Å²) in [6.07, 6.45) is 12.8. The quantitative estimate of drug-likeness (QED) is 0.676. The summed E-state index contributed by atoms with van der Waals surface area (Å²) in [4.78, 5) is 0. The molecule has 14 heavy (non-hydrogen) atoms. The zero-order valence-corrected chi connectivity index (χ0v) is 9.13. The molecule has 0 aromatic rings. The lowest BCUT2D eigenvalue weighted by atomic mass is 9.62. The monoisotopic (exact) mass is 191 g/mol. The number of hydrogen-bond acceptors (Lipinski definition) is 1. The van der Waals surface area contributed by atoms with Gasteiger partial charge in [-0.05, 0) is 43.6 Å². The fraction of sp³-hybridized carbons (Fsp3) is 0.846. The maximum atomic E-state index is 5.61. The van der Waals surface area contributed by atoms with Crippen molar-refractivity contribution in [3.05, 3.63) is 0 Å². The molecule has 0 heterocycles. The van der Waals surface area contributed by atoms with Crippen LogP contribution in [-0.2, 0) is 0 Å². The Labute approximate surface area is 87.7 Å². The SMILES string of the molecule is C#CC(NCC)C1CC2CCC1CC2. The lowest BCUT2D eigenvalue weighted by molar-refractivity contribution is 0.0847. The Hall–Kier alpha value is -0.480. The molecule has 3 saturated carbocycles. The van der Waals surface area contributed by atoms with Crippen LogP contribution in [0.2, 0.25) is 0 Å². The van der Waals surface area contributed by atoms with Crippen molar-refractivity contribution in [1.29, 1.82) is 0 Å². The summed E-state index contributed by atoms with van der Waals surface area (Å²) in [6, 6.07) is 0.341. The smallest absolute Gasteiger partial charge is 0.0718 e. The molecule has 2 bridgehead atoms. The molecule has 0 radical (unpaired) electrons. The third-order valence-electron chi connectivity index (χ3n) is 4.13. The average Bonchev–Trinajstić information content (AvgIpc) is 2.27. The standard InChI is InChI=1S/C13H21N/c1-3-13(14-4-2)12-9-10-5-7-11(12)8-6-10/h1,10-14H,4-9H2,2H3. The molecule has 2 unspecified atom stereocenters. The first-order valence-electron chi connectivity index (χ1n) is 6.04. The predicted molar refractivity (Wildman–Crippen MR) is 59.9 cm³/mol. The molecule has 1 nitrogen and oxygen atoms in total. The van der Waals surface area contributed by atoms with E-state index in [1.807, 2.05) is 0 Å². The van der Waals surface area contributed by atoms with Crippen molar-refractivity contribution in [2.24, 2.45) is 17.8 Å². The third-order valence-corrected chi connectivity index (χ3v) is 4.13. The van der Waals surface area contributed by atoms with Crippen LogP contribution < -0.4 is 5.32 Å². The number of fused-ring (bicyclic) bond motifs is 3. The van der Waals surface area contributed by atoms with Crippen LogP contribution in [0.1, 0.15) is 39.0 Å². The molecule has 0 saturated heterocycles. The molecule has 0 amide bonds. The van der Waals surface area contributed by atoms with Crippen LogP contribution in [0.15, 0.2) is 0 Å². The van der Waals surface area contributed by atoms with Crippen molar-refractivity contribution in [2.75, 3.05) is 6.54 Å². The molecule has 3 rings (SSSR count). The van der Waals surface area contributed by atoms with Gasteiger partial charge in [-0.25, -0.2) is 0 Å². The minimum atomic E-state index is 0.341. The maximum Gasteiger partial charge on any atom is 0.0718 e. The van der Waals surface area contributed by atoms with Crippen LogP contribution in [0.25, 0.3) is 0 Å². The van der Waals surface area contributed by atoms with Gasteiger partial charge in [-0.3, -0.25) is 0 Å². The molecule has 1 heteroatoms. The zero-order valence-electron chi connectivity index (χ0n) is 9.13. The van der Waals surface area contributed by atoms with E-state index < -0.39 is 0 Å². The molecule has 0 aromatic heterocycles. The lowest BCUT2D eigenvalue weighted by Gasteiger charge is -2.44. The molecule has 0 spiro atoms. The van der Waals surface area contributed by atoms with Crippen molar-refractivity contribution in [3.63, 3.8) is 0 Å². The maximum absolute atomic E-state index is 5.61. The summed E-state index contributed by atoms with van der Waals surface area (Å²) in [6.45, 7) is 3.15. The van der Waals surface area contributed by atoms with E-state index in [1.54, 1.807) is 0 Å². The fourth-order valence-corrected chi connectivity index (χ4v) is 3.39. The normalized spacial score (nSPS) is 37.9. The largest absolute Gasteiger partial charge is 0.304 e. The van der Waals surface area contributed by atoms with Gasteiger partial charge < -0.3 is 5.32 Å². The van der Waals surface area contributed by atoms with Gasteiger partial charge in [0.05, 0.1) is 6.04 Å². The summed E-state index contributed by atoms with van der Waals surface area (Å²) in [5.41, 5.74) is 0. The van der Waals surface area contributed by atoms with Crippen molar-refractivity contribution in [2.45, 2.75) is 45.1 Å². The van der Waals surface area contributed by atoms with Crippen LogP contribution in [0.3, 0.4) is 0 Å². The molecule has 2 atom stereocenters. The molecule has 78 valence electrons. The molecule has 1 N–H and O–H groups in total. The van der Waals surface area contributed by atoms with Gasteiger partial charge in [0, 0.05) is 0 Å². The molecule has 0 aliphatic heterocycles. The number of terminal acetylenes is 1. The van der Waals surface area contributed by atoms with E-state index in [1.165, 1.54) is 32.1 Å². The van der Waals surface area contributed by atoms with Crippen molar-refractivity contribution >= 4 is 0 Å². The highest BCUT2D eigenvalue weighted by Gasteiger charge is 2.38. The van der Waals surface area contributed by atoms with Gasteiger partial charge in [-0.1, -0.05) is 25.7 Å². The Morgan fingerprint density at radius 3 is 2.50 bits per heavy atom. The molecule has 3 aliphatic rings. The first-order chi connectivity index (χ1) is 6.85. The average molecular weight is 191 g/mol. The van der Waals surface area contributed by atoms with Crippen LogP contribution in [-0.4, -0.2) is 12.6 Å². The Bertz CT molecular complexity index is 220. The van der Waals surface area contributed by atoms with E-state index in [9.17, 15) is 0 Å². The van der Waals surface area contributed by atoms with Gasteiger partial charge in [0.2, 0.25) is 0 Å². The molecule has 3 aliphatic carbocycles. The molecule has 3 fully saturated rings. The van der Waals surface area contributed by atoms with E-state index in [2.05, 4.69) is 18.2 Å². The van der Waals surface area contributed by atoms with Crippen molar-refractivity contribution in [1.82, 2.24) is 5.32 Å². The predicted octanol–water partition coefficient (Wildman–Crippen LogP) is 2.42. The molecular formula is C13H21N. The highest BCUT2D eigenvalue weighted by molar-refractivity contribution is 5.06. The van der Waals surface area contributed by atoms with E-state index in [0.29, 0.717) is 6.04 Å². The van der Waals surface area contributed by atoms with Gasteiger partial charge in [0.1, 0.15) is 0 Å². The van der Waals surface area contributed by atoms with E-state index in [4.69, 9.17) is 6.42 Å². The van der Waals surface area contributed by atoms with E-state index >= 15 is 0 Å². The second-order valence-corrected chi connectivity index (χ2v) is 4.88. The minimum absolute atomic E-state index is 0.341. The van der Waals surface area contributed by atoms with Gasteiger partial charge in [0.25, 0.3) is 0 Å². The minimum Gasteiger partial charge on any atom is -0.304 e. The Morgan fingerprint density at radius 1 is 1.36 bits per heavy atom. The summed E-state index contributed by atoms with van der Waals surface area (Å²) in [7, 11) is 0. The Kier molecular flexibility index (Phi) is 3.13. The van der Waals surface area contributed by atoms with Gasteiger partial charge in [0.15, 0.2) is 0 Å². The number of rotatable bonds is 3. The van der Waals surface area contributed by atoms with E-state index in [-0.39, 0.29) is 0 Å². The number of hydrogen-bond donors (Lipinski definition) is 1. The number of nitrogens with one attached hydrogen (secondary N) is 1. The van der Waals surface area contributed by atoms with E-state index in [0.717, 1.165) is 24.3 Å². The molecule has 0 aromatic carbocycles. The second kappa shape index (κ2) is 4.36. The van der Waals surface area contributed by atoms with Crippen LogP contribution >= 0.6 is 0 Å². The van der Waals surface area contributed by atoms with Crippen LogP contribution in [0, 0.1) is 30.1 Å². The van der Waals surface area contributed by atoms with Crippen molar-refractivity contribution in [3.8, 4) is 12.3 Å². The third kappa shape index (κ3) is 1.81. The lowest BCUT2D eigenvalue weighted by Crippen LogP contribution is -2.44. The summed E-state index contributed by atoms with van der Waals surface area (Å²) in [5.74, 6) is 5.62. The Morgan fingerprint density at radius 2 is 2.07 bits per heavy atom. The summed E-state index contributed by atoms with van der Waals surface area (Å²) in [5, 5.41) is 3.45. The first kappa shape index (κ1) is 10.1. The van der Waals surface area contributed by atoms with Gasteiger partial charge >= 0.3 is 0 Å². The topological polar surface area (TPSA) is 12.0 Å². The van der Waals surface area contributed by atoms with Crippen LogP contribution in [0.4, 0.5) is 0 Å². The fourth-order valence-electron chi connectivity index (χ4n) is 3.39. The highest BCUT2D eigenvalue weighted by atomic mass is 14.9. The van der Waals surface area contributed by atoms with Crippen molar-refractivity contribution < 1.29 is 0 Å². The zero-order chi connectivity index (χ0) is 9.97. The highest BCUT2D eigenvalue weighted by Crippen LogP contribution is 2.46. The first-order valence-corrected chi connectivity index (χ1v) is 6.04. The van der Waals surface area contributed by atoms with Crippen LogP contribution in [0.5, 0.6) is 0 Å². The summed E-state index contributed by atoms with van der Waals surface area (Å²) < 4.78 is 0. The molecular weight excluding hydrogens is 170 g/mol. The van der Waals surface area contributed by atoms with Gasteiger partial charge in [-0.2, -0.15) is 0 Å². The summed E-state index contributed by atoms with van der Waals surface area (Å²) >= 11 is 0. The Balaban J connectivity index is 2.00.